The summed E-state index contributed by atoms with van der Waals surface area (Å²) in [6.07, 6.45) is 3.06. The van der Waals surface area contributed by atoms with Crippen molar-refractivity contribution in [1.29, 1.82) is 0 Å². The number of carbonyl (C=O) groups excluding carboxylic acids is 1. The van der Waals surface area contributed by atoms with Gasteiger partial charge in [-0.1, -0.05) is 41.7 Å². The zero-order chi connectivity index (χ0) is 20.4. The van der Waals surface area contributed by atoms with Crippen LogP contribution >= 0.6 is 11.3 Å². The van der Waals surface area contributed by atoms with Crippen LogP contribution < -0.4 is 10.2 Å². The minimum atomic E-state index is -0.0914. The second-order valence-corrected chi connectivity index (χ2v) is 8.73. The van der Waals surface area contributed by atoms with Crippen molar-refractivity contribution in [2.75, 3.05) is 37.4 Å². The predicted octanol–water partition coefficient (Wildman–Crippen LogP) is 4.48. The zero-order valence-electron chi connectivity index (χ0n) is 17.1. The molecule has 0 radical (unpaired) electrons. The van der Waals surface area contributed by atoms with Crippen molar-refractivity contribution in [1.82, 2.24) is 9.88 Å². The number of amides is 1. The van der Waals surface area contributed by atoms with Gasteiger partial charge >= 0.3 is 0 Å². The largest absolute Gasteiger partial charge is 0.346 e. The zero-order valence-corrected chi connectivity index (χ0v) is 17.9. The number of rotatable bonds is 5. The Morgan fingerprint density at radius 2 is 2.03 bits per heavy atom. The quantitative estimate of drug-likeness (QED) is 0.635. The molecule has 2 aromatic carbocycles. The van der Waals surface area contributed by atoms with Gasteiger partial charge in [0.25, 0.3) is 5.91 Å². The molecular formula is C23H26N4OS. The number of benzene rings is 2. The van der Waals surface area contributed by atoms with Crippen LogP contribution in [0.3, 0.4) is 0 Å². The van der Waals surface area contributed by atoms with Crippen molar-refractivity contribution in [3.8, 4) is 0 Å². The van der Waals surface area contributed by atoms with Gasteiger partial charge in [0.1, 0.15) is 0 Å². The Labute approximate surface area is 175 Å². The molecule has 0 bridgehead atoms. The van der Waals surface area contributed by atoms with E-state index in [0.29, 0.717) is 11.6 Å². The third-order valence-electron chi connectivity index (χ3n) is 5.34. The van der Waals surface area contributed by atoms with E-state index >= 15 is 0 Å². The molecule has 0 saturated carbocycles. The third-order valence-corrected chi connectivity index (χ3v) is 6.42. The Bertz CT molecular complexity index is 1040. The van der Waals surface area contributed by atoms with E-state index in [2.05, 4.69) is 29.2 Å². The monoisotopic (exact) mass is 406 g/mol. The summed E-state index contributed by atoms with van der Waals surface area (Å²) in [5.74, 6) is -0.0914. The number of carbonyl (C=O) groups is 1. The summed E-state index contributed by atoms with van der Waals surface area (Å²) < 4.78 is 1.09. The van der Waals surface area contributed by atoms with Gasteiger partial charge in [0, 0.05) is 30.4 Å². The van der Waals surface area contributed by atoms with E-state index in [1.807, 2.05) is 61.5 Å². The van der Waals surface area contributed by atoms with Gasteiger partial charge < -0.3 is 15.1 Å². The average Bonchev–Trinajstić information content (AvgIpc) is 3.35. The van der Waals surface area contributed by atoms with Gasteiger partial charge in [-0.25, -0.2) is 4.98 Å². The van der Waals surface area contributed by atoms with E-state index < -0.39 is 0 Å². The molecule has 3 aromatic rings. The highest BCUT2D eigenvalue weighted by Crippen LogP contribution is 2.33. The lowest BCUT2D eigenvalue weighted by Gasteiger charge is -2.19. The Balaban J connectivity index is 1.48. The van der Waals surface area contributed by atoms with E-state index in [1.165, 1.54) is 0 Å². The topological polar surface area (TPSA) is 48.5 Å². The molecule has 150 valence electrons. The maximum absolute atomic E-state index is 12.6. The fraction of sp³-hybridized carbons (Fsp3) is 0.304. The Hall–Kier alpha value is -2.70. The minimum Gasteiger partial charge on any atom is -0.346 e. The molecule has 5 nitrogen and oxygen atoms in total. The van der Waals surface area contributed by atoms with Gasteiger partial charge in [0.2, 0.25) is 0 Å². The Morgan fingerprint density at radius 3 is 2.76 bits per heavy atom. The van der Waals surface area contributed by atoms with Crippen LogP contribution in [0, 0.1) is 0 Å². The van der Waals surface area contributed by atoms with Gasteiger partial charge in [-0.05, 0) is 57.3 Å². The van der Waals surface area contributed by atoms with Gasteiger partial charge in [-0.3, -0.25) is 4.79 Å². The van der Waals surface area contributed by atoms with Crippen LogP contribution in [0.4, 0.5) is 10.8 Å². The molecule has 2 heterocycles. The van der Waals surface area contributed by atoms with Crippen molar-refractivity contribution < 1.29 is 4.79 Å². The van der Waals surface area contributed by atoms with Gasteiger partial charge in [-0.2, -0.15) is 0 Å². The van der Waals surface area contributed by atoms with E-state index in [1.54, 1.807) is 11.3 Å². The molecule has 1 atom stereocenters. The highest BCUT2D eigenvalue weighted by atomic mass is 32.1. The van der Waals surface area contributed by atoms with Crippen LogP contribution in [0.1, 0.15) is 18.9 Å². The highest BCUT2D eigenvalue weighted by molar-refractivity contribution is 7.22. The first kappa shape index (κ1) is 19.6. The summed E-state index contributed by atoms with van der Waals surface area (Å²) in [6, 6.07) is 16.4. The number of likely N-dealkylation sites (N-methyl/N-ethyl adjacent to an activating group) is 1. The Kier molecular flexibility index (Phi) is 5.65. The second-order valence-electron chi connectivity index (χ2n) is 7.72. The summed E-state index contributed by atoms with van der Waals surface area (Å²) in [5.41, 5.74) is 3.47. The van der Waals surface area contributed by atoms with E-state index in [4.69, 9.17) is 4.98 Å². The lowest BCUT2D eigenvalue weighted by atomic mass is 10.1. The van der Waals surface area contributed by atoms with Crippen molar-refractivity contribution >= 4 is 44.4 Å². The summed E-state index contributed by atoms with van der Waals surface area (Å²) in [6.45, 7) is 3.88. The molecule has 1 fully saturated rings. The normalized spacial score (nSPS) is 17.3. The molecule has 1 N–H and O–H groups in total. The minimum absolute atomic E-state index is 0.0914. The van der Waals surface area contributed by atoms with Crippen LogP contribution in [0.25, 0.3) is 16.3 Å². The maximum Gasteiger partial charge on any atom is 0.251 e. The molecule has 0 aliphatic carbocycles. The number of nitrogens with one attached hydrogen (secondary N) is 1. The van der Waals surface area contributed by atoms with Crippen LogP contribution in [-0.4, -0.2) is 49.0 Å². The molecule has 6 heteroatoms. The van der Waals surface area contributed by atoms with Crippen molar-refractivity contribution in [2.45, 2.75) is 19.4 Å². The number of nitrogens with zero attached hydrogens (tertiary/aromatic N) is 3. The lowest BCUT2D eigenvalue weighted by molar-refractivity contribution is -0.112. The first-order chi connectivity index (χ1) is 14.0. The molecule has 1 aliphatic heterocycles. The fourth-order valence-corrected chi connectivity index (χ4v) is 4.60. The van der Waals surface area contributed by atoms with Crippen molar-refractivity contribution in [3.05, 3.63) is 59.7 Å². The second kappa shape index (κ2) is 8.35. The van der Waals surface area contributed by atoms with E-state index in [-0.39, 0.29) is 5.91 Å². The molecule has 4 rings (SSSR count). The fourth-order valence-electron chi connectivity index (χ4n) is 3.56. The molecule has 1 aromatic heterocycles. The first-order valence-corrected chi connectivity index (χ1v) is 10.7. The number of thiazole rings is 1. The first-order valence-electron chi connectivity index (χ1n) is 9.86. The smallest absolute Gasteiger partial charge is 0.251 e. The van der Waals surface area contributed by atoms with Crippen LogP contribution in [-0.2, 0) is 4.79 Å². The number of hydrogen-bond donors (Lipinski definition) is 1. The lowest BCUT2D eigenvalue weighted by Crippen LogP contribution is -2.31. The number of aromatic nitrogens is 1. The number of anilines is 2. The van der Waals surface area contributed by atoms with Crippen LogP contribution in [0.2, 0.25) is 0 Å². The van der Waals surface area contributed by atoms with E-state index in [9.17, 15) is 4.79 Å². The van der Waals surface area contributed by atoms with Gasteiger partial charge in [0.15, 0.2) is 5.13 Å². The average molecular weight is 407 g/mol. The van der Waals surface area contributed by atoms with Crippen molar-refractivity contribution in [2.24, 2.45) is 0 Å². The molecule has 1 amide bonds. The van der Waals surface area contributed by atoms with E-state index in [0.717, 1.165) is 46.1 Å². The summed E-state index contributed by atoms with van der Waals surface area (Å²) in [7, 11) is 4.27. The standard InChI is InChI=1S/C23H26N4OS/c1-16(13-17-7-5-4-6-8-17)22(28)24-18-9-10-20-21(14-18)29-23(25-20)27-12-11-19(15-27)26(2)3/h4-10,13-14,19H,11-12,15H2,1-3H3,(H,24,28). The molecule has 1 saturated heterocycles. The molecule has 1 aliphatic rings. The SMILES string of the molecule is CC(=Cc1ccccc1)C(=O)Nc1ccc2nc(N3CCC(N(C)C)C3)sc2c1. The third kappa shape index (κ3) is 4.49. The van der Waals surface area contributed by atoms with Crippen LogP contribution in [0.5, 0.6) is 0 Å². The summed E-state index contributed by atoms with van der Waals surface area (Å²) in [4.78, 5) is 22.0. The summed E-state index contributed by atoms with van der Waals surface area (Å²) in [5, 5.41) is 4.07. The highest BCUT2D eigenvalue weighted by Gasteiger charge is 2.26. The predicted molar refractivity (Wildman–Crippen MR) is 123 cm³/mol. The molecule has 1 unspecified atom stereocenters. The summed E-state index contributed by atoms with van der Waals surface area (Å²) >= 11 is 1.69. The van der Waals surface area contributed by atoms with Crippen molar-refractivity contribution in [3.63, 3.8) is 0 Å². The van der Waals surface area contributed by atoms with Gasteiger partial charge in [0.05, 0.1) is 10.2 Å². The number of hydrogen-bond acceptors (Lipinski definition) is 5. The number of fused-ring (bicyclic) bond motifs is 1. The maximum atomic E-state index is 12.6. The Morgan fingerprint density at radius 1 is 1.24 bits per heavy atom. The molecular weight excluding hydrogens is 380 g/mol. The van der Waals surface area contributed by atoms with Crippen LogP contribution in [0.15, 0.2) is 54.1 Å². The van der Waals surface area contributed by atoms with Gasteiger partial charge in [-0.15, -0.1) is 0 Å². The molecule has 29 heavy (non-hydrogen) atoms. The molecule has 0 spiro atoms.